The molecule has 7 atom stereocenters. The van der Waals surface area contributed by atoms with Crippen molar-refractivity contribution in [2.75, 3.05) is 6.61 Å². The molecule has 3 unspecified atom stereocenters. The van der Waals surface area contributed by atoms with Gasteiger partial charge in [0.15, 0.2) is 0 Å². The maximum absolute atomic E-state index is 11.4. The second kappa shape index (κ2) is 22.9. The Kier molecular flexibility index (Phi) is 21.1. The monoisotopic (exact) mass is 857 g/mol. The Bertz CT molecular complexity index is 1720. The van der Waals surface area contributed by atoms with E-state index in [1.807, 2.05) is 27.7 Å². The van der Waals surface area contributed by atoms with Gasteiger partial charge in [0.25, 0.3) is 0 Å². The van der Waals surface area contributed by atoms with Gasteiger partial charge >= 0.3 is 0 Å². The van der Waals surface area contributed by atoms with Crippen molar-refractivity contribution in [2.45, 2.75) is 183 Å². The number of Topliss-reactive ketones (excluding diaryl/α,β-unsaturated/α-hetero) is 1. The van der Waals surface area contributed by atoms with Crippen molar-refractivity contribution < 1.29 is 19.8 Å². The van der Waals surface area contributed by atoms with E-state index in [4.69, 9.17) is 5.11 Å². The molecular formula is C58H96O4. The molecule has 4 aliphatic carbocycles. The average molecular weight is 857 g/mol. The third-order valence-electron chi connectivity index (χ3n) is 16.5. The van der Waals surface area contributed by atoms with Gasteiger partial charge in [-0.05, 0) is 145 Å². The standard InChI is InChI=1S/C15H26O.C15H24O.C14H24O.C14H22O/c2*1-11-7-8-13(15(11,5)6)9-10-14(3,4)12(2)16;2*1-10(9-15)8-11(2)13-7-6-12(3)14(13,4)5/h7,9-10,12-13,16H,8H2,1-6H3;7,9-10,13H,8H2,1-6H3;6,10,13,15H,2,7-9H2,1,3-5H3;6,9-10,13H,2,7-8H2,1,3-5H3/b2*10-9+;;/t12?,13-;13-;2*10?,13-/m1111/s1. The molecule has 0 spiro atoms. The molecule has 0 amide bonds. The number of rotatable bonds is 14. The van der Waals surface area contributed by atoms with E-state index in [2.05, 4.69) is 166 Å². The molecule has 62 heavy (non-hydrogen) atoms. The lowest BCUT2D eigenvalue weighted by molar-refractivity contribution is -0.122. The van der Waals surface area contributed by atoms with Crippen LogP contribution in [-0.4, -0.2) is 35.0 Å². The number of aldehydes is 1. The van der Waals surface area contributed by atoms with E-state index >= 15 is 0 Å². The minimum Gasteiger partial charge on any atom is -0.396 e. The van der Waals surface area contributed by atoms with Gasteiger partial charge in [-0.3, -0.25) is 4.79 Å². The summed E-state index contributed by atoms with van der Waals surface area (Å²) in [6, 6.07) is 0. The number of carbonyl (C=O) groups excluding carboxylic acids is 2. The van der Waals surface area contributed by atoms with Crippen molar-refractivity contribution in [3.63, 3.8) is 0 Å². The van der Waals surface area contributed by atoms with Crippen LogP contribution < -0.4 is 0 Å². The third kappa shape index (κ3) is 15.1. The lowest BCUT2D eigenvalue weighted by Crippen LogP contribution is -2.25. The lowest BCUT2D eigenvalue weighted by atomic mass is 9.73. The number of hydrogen-bond donors (Lipinski definition) is 2. The number of carbonyl (C=O) groups is 2. The van der Waals surface area contributed by atoms with E-state index in [-0.39, 0.29) is 56.9 Å². The zero-order chi connectivity index (χ0) is 48.4. The van der Waals surface area contributed by atoms with E-state index in [0.29, 0.717) is 29.6 Å². The summed E-state index contributed by atoms with van der Waals surface area (Å²) in [6.45, 7) is 51.4. The molecule has 0 bridgehead atoms. The van der Waals surface area contributed by atoms with Crippen LogP contribution in [0.2, 0.25) is 0 Å². The van der Waals surface area contributed by atoms with Crippen molar-refractivity contribution in [1.29, 1.82) is 0 Å². The van der Waals surface area contributed by atoms with Crippen LogP contribution in [0.5, 0.6) is 0 Å². The fourth-order valence-corrected chi connectivity index (χ4v) is 8.79. The molecule has 4 heteroatoms. The summed E-state index contributed by atoms with van der Waals surface area (Å²) in [5, 5.41) is 18.7. The number of ketones is 1. The van der Waals surface area contributed by atoms with Crippen LogP contribution in [0.25, 0.3) is 0 Å². The minimum atomic E-state index is -0.327. The van der Waals surface area contributed by atoms with Gasteiger partial charge < -0.3 is 15.0 Å². The first kappa shape index (κ1) is 57.2. The molecule has 0 saturated heterocycles. The summed E-state index contributed by atoms with van der Waals surface area (Å²) in [5.41, 5.74) is 8.93. The molecule has 0 fully saturated rings. The van der Waals surface area contributed by atoms with Crippen molar-refractivity contribution in [3.8, 4) is 0 Å². The van der Waals surface area contributed by atoms with Crippen molar-refractivity contribution in [2.24, 2.45) is 68.0 Å². The van der Waals surface area contributed by atoms with Gasteiger partial charge in [-0.2, -0.15) is 0 Å². The highest BCUT2D eigenvalue weighted by atomic mass is 16.3. The Balaban J connectivity index is 0.000000414. The van der Waals surface area contributed by atoms with E-state index in [9.17, 15) is 14.7 Å². The molecule has 0 aromatic rings. The number of aliphatic hydroxyl groups excluding tert-OH is 2. The van der Waals surface area contributed by atoms with Crippen LogP contribution in [-0.2, 0) is 9.59 Å². The van der Waals surface area contributed by atoms with Crippen LogP contribution in [0.3, 0.4) is 0 Å². The Labute approximate surface area is 383 Å². The molecule has 352 valence electrons. The fourth-order valence-electron chi connectivity index (χ4n) is 8.79. The summed E-state index contributed by atoms with van der Waals surface area (Å²) in [6.07, 6.45) is 25.0. The SMILES string of the molecule is C=C(CC(C)C=O)[C@H]1CC=C(C)C1(C)C.C=C(CC(C)CO)[C@H]1CC=C(C)C1(C)C.CC(=O)C(C)(C)/C=C/[C@H]1CC=C(C)C1(C)C.CC1=CC[C@H](/C=C/C(C)(C)C(C)O)C1(C)C. The summed E-state index contributed by atoms with van der Waals surface area (Å²) in [7, 11) is 0. The van der Waals surface area contributed by atoms with Crippen LogP contribution in [0.15, 0.2) is 95.2 Å². The molecule has 0 aliphatic heterocycles. The van der Waals surface area contributed by atoms with Crippen molar-refractivity contribution >= 4 is 12.1 Å². The summed E-state index contributed by atoms with van der Waals surface area (Å²) >= 11 is 0. The predicted molar refractivity (Wildman–Crippen MR) is 270 cm³/mol. The second-order valence-electron chi connectivity index (χ2n) is 23.3. The van der Waals surface area contributed by atoms with Gasteiger partial charge in [0.1, 0.15) is 12.1 Å². The predicted octanol–water partition coefficient (Wildman–Crippen LogP) is 15.4. The summed E-state index contributed by atoms with van der Waals surface area (Å²) in [5.74, 6) is 2.86. The van der Waals surface area contributed by atoms with Crippen LogP contribution in [0.1, 0.15) is 177 Å². The Morgan fingerprint density at radius 3 is 1.32 bits per heavy atom. The van der Waals surface area contributed by atoms with Crippen molar-refractivity contribution in [3.05, 3.63) is 95.2 Å². The fraction of sp³-hybridized carbons (Fsp3) is 0.690. The molecule has 0 heterocycles. The Morgan fingerprint density at radius 2 is 1.03 bits per heavy atom. The van der Waals surface area contributed by atoms with Crippen LogP contribution in [0.4, 0.5) is 0 Å². The zero-order valence-electron chi connectivity index (χ0n) is 43.8. The van der Waals surface area contributed by atoms with Gasteiger partial charge in [0.2, 0.25) is 0 Å². The molecule has 0 radical (unpaired) electrons. The number of allylic oxidation sites excluding steroid dienone is 13. The van der Waals surface area contributed by atoms with Crippen LogP contribution >= 0.6 is 0 Å². The topological polar surface area (TPSA) is 74.6 Å². The van der Waals surface area contributed by atoms with Gasteiger partial charge in [-0.15, -0.1) is 0 Å². The molecule has 4 aliphatic rings. The highest BCUT2D eigenvalue weighted by molar-refractivity contribution is 5.83. The molecule has 4 rings (SSSR count). The summed E-state index contributed by atoms with van der Waals surface area (Å²) < 4.78 is 0. The third-order valence-corrected chi connectivity index (χ3v) is 16.5. The summed E-state index contributed by atoms with van der Waals surface area (Å²) in [4.78, 5) is 22.1. The van der Waals surface area contributed by atoms with Gasteiger partial charge in [0.05, 0.1) is 6.10 Å². The van der Waals surface area contributed by atoms with E-state index in [1.54, 1.807) is 6.92 Å². The van der Waals surface area contributed by atoms with Crippen molar-refractivity contribution in [1.82, 2.24) is 0 Å². The first-order valence-corrected chi connectivity index (χ1v) is 23.8. The maximum atomic E-state index is 11.4. The normalized spacial score (nSPS) is 26.0. The quantitative estimate of drug-likeness (QED) is 0.135. The van der Waals surface area contributed by atoms with E-state index < -0.39 is 0 Å². The first-order chi connectivity index (χ1) is 28.1. The number of aliphatic hydroxyl groups is 2. The van der Waals surface area contributed by atoms with Crippen LogP contribution in [0, 0.1) is 68.0 Å². The molecule has 0 saturated carbocycles. The van der Waals surface area contributed by atoms with E-state index in [0.717, 1.165) is 44.8 Å². The largest absolute Gasteiger partial charge is 0.396 e. The average Bonchev–Trinajstić information content (AvgIpc) is 3.80. The van der Waals surface area contributed by atoms with E-state index in [1.165, 1.54) is 33.4 Å². The lowest BCUT2D eigenvalue weighted by Gasteiger charge is -2.32. The minimum absolute atomic E-state index is 0.106. The molecular weight excluding hydrogens is 761 g/mol. The number of hydrogen-bond acceptors (Lipinski definition) is 4. The highest BCUT2D eigenvalue weighted by Gasteiger charge is 2.38. The molecule has 0 aromatic carbocycles. The zero-order valence-corrected chi connectivity index (χ0v) is 43.8. The molecule has 4 nitrogen and oxygen atoms in total. The molecule has 2 N–H and O–H groups in total. The highest BCUT2D eigenvalue weighted by Crippen LogP contribution is 2.49. The Hall–Kier alpha value is -2.82. The van der Waals surface area contributed by atoms with Gasteiger partial charge in [-0.1, -0.05) is 178 Å². The second-order valence-corrected chi connectivity index (χ2v) is 23.3. The molecule has 0 aromatic heterocycles. The smallest absolute Gasteiger partial charge is 0.139 e. The van der Waals surface area contributed by atoms with Gasteiger partial charge in [0, 0.05) is 23.4 Å². The first-order valence-electron chi connectivity index (χ1n) is 23.8. The van der Waals surface area contributed by atoms with Gasteiger partial charge in [-0.25, -0.2) is 0 Å². The Morgan fingerprint density at radius 1 is 0.677 bits per heavy atom. The maximum Gasteiger partial charge on any atom is 0.139 e.